The molecule has 24 heavy (non-hydrogen) atoms. The van der Waals surface area contributed by atoms with Crippen molar-refractivity contribution in [2.75, 3.05) is 19.7 Å². The molecule has 0 saturated carbocycles. The Morgan fingerprint density at radius 2 is 2.04 bits per heavy atom. The van der Waals surface area contributed by atoms with Gasteiger partial charge in [0.05, 0.1) is 18.5 Å². The van der Waals surface area contributed by atoms with Crippen LogP contribution in [0.4, 0.5) is 0 Å². The number of para-hydroxylation sites is 1. The first kappa shape index (κ1) is 20.0. The van der Waals surface area contributed by atoms with Crippen LogP contribution >= 0.6 is 12.4 Å². The molecule has 0 saturated heterocycles. The molecule has 1 heterocycles. The van der Waals surface area contributed by atoms with Crippen molar-refractivity contribution in [3.63, 3.8) is 0 Å². The predicted molar refractivity (Wildman–Crippen MR) is 97.2 cm³/mol. The van der Waals surface area contributed by atoms with E-state index in [1.165, 1.54) is 0 Å². The highest BCUT2D eigenvalue weighted by molar-refractivity contribution is 5.94. The minimum Gasteiger partial charge on any atom is -0.489 e. The number of hydrogen-bond acceptors (Lipinski definition) is 4. The minimum atomic E-state index is -0.220. The standard InChI is InChI=1S/C17H24N4O2.ClH/c1-2-12-23-15-13-21(14-8-4-3-5-9-14)20-16(15)17(22)19-11-7-6-10-18;/h3-5,8-9,13H,2,6-7,10-12,18H2,1H3,(H,19,22);1H. The molecule has 2 aromatic rings. The quantitative estimate of drug-likeness (QED) is 0.679. The van der Waals surface area contributed by atoms with E-state index in [9.17, 15) is 4.79 Å². The summed E-state index contributed by atoms with van der Waals surface area (Å²) < 4.78 is 7.34. The lowest BCUT2D eigenvalue weighted by Gasteiger charge is -2.05. The van der Waals surface area contributed by atoms with Gasteiger partial charge in [0.1, 0.15) is 0 Å². The Bertz CT molecular complexity index is 616. The summed E-state index contributed by atoms with van der Waals surface area (Å²) in [6, 6.07) is 9.65. The van der Waals surface area contributed by atoms with E-state index in [0.717, 1.165) is 24.9 Å². The monoisotopic (exact) mass is 352 g/mol. The van der Waals surface area contributed by atoms with Gasteiger partial charge in [-0.2, -0.15) is 5.10 Å². The zero-order chi connectivity index (χ0) is 16.5. The van der Waals surface area contributed by atoms with E-state index in [-0.39, 0.29) is 18.3 Å². The summed E-state index contributed by atoms with van der Waals surface area (Å²) in [5.74, 6) is 0.287. The van der Waals surface area contributed by atoms with Gasteiger partial charge in [-0.15, -0.1) is 12.4 Å². The molecule has 2 rings (SSSR count). The third-order valence-electron chi connectivity index (χ3n) is 3.29. The van der Waals surface area contributed by atoms with Crippen molar-refractivity contribution in [2.45, 2.75) is 26.2 Å². The minimum absolute atomic E-state index is 0. The molecule has 6 nitrogen and oxygen atoms in total. The molecule has 0 bridgehead atoms. The summed E-state index contributed by atoms with van der Waals surface area (Å²) in [6.45, 7) is 3.78. The molecule has 0 aliphatic heterocycles. The third-order valence-corrected chi connectivity index (χ3v) is 3.29. The Hall–Kier alpha value is -2.05. The van der Waals surface area contributed by atoms with Gasteiger partial charge in [0.25, 0.3) is 5.91 Å². The van der Waals surface area contributed by atoms with Crippen LogP contribution in [0.25, 0.3) is 5.69 Å². The van der Waals surface area contributed by atoms with Gasteiger partial charge in [0.2, 0.25) is 0 Å². The van der Waals surface area contributed by atoms with E-state index >= 15 is 0 Å². The first-order chi connectivity index (χ1) is 11.3. The van der Waals surface area contributed by atoms with Gasteiger partial charge in [-0.05, 0) is 37.9 Å². The fourth-order valence-corrected chi connectivity index (χ4v) is 2.10. The molecule has 1 aromatic heterocycles. The Morgan fingerprint density at radius 1 is 1.29 bits per heavy atom. The maximum Gasteiger partial charge on any atom is 0.275 e. The number of aromatic nitrogens is 2. The Kier molecular flexibility index (Phi) is 8.89. The first-order valence-corrected chi connectivity index (χ1v) is 8.02. The first-order valence-electron chi connectivity index (χ1n) is 8.02. The highest BCUT2D eigenvalue weighted by atomic mass is 35.5. The zero-order valence-electron chi connectivity index (χ0n) is 13.9. The summed E-state index contributed by atoms with van der Waals surface area (Å²) >= 11 is 0. The summed E-state index contributed by atoms with van der Waals surface area (Å²) in [6.07, 6.45) is 4.36. The Labute approximate surface area is 148 Å². The molecule has 3 N–H and O–H groups in total. The summed E-state index contributed by atoms with van der Waals surface area (Å²) in [4.78, 5) is 12.3. The second kappa shape index (κ2) is 10.7. The van der Waals surface area contributed by atoms with Gasteiger partial charge in [0, 0.05) is 6.54 Å². The lowest BCUT2D eigenvalue weighted by atomic mass is 10.3. The summed E-state index contributed by atoms with van der Waals surface area (Å²) in [5.41, 5.74) is 6.65. The van der Waals surface area contributed by atoms with Gasteiger partial charge in [-0.3, -0.25) is 4.79 Å². The average Bonchev–Trinajstić information content (AvgIpc) is 3.02. The van der Waals surface area contributed by atoms with Crippen LogP contribution in [-0.4, -0.2) is 35.4 Å². The number of rotatable bonds is 9. The SMILES string of the molecule is CCCOc1cn(-c2ccccc2)nc1C(=O)NCCCCN.Cl. The lowest BCUT2D eigenvalue weighted by Crippen LogP contribution is -2.26. The topological polar surface area (TPSA) is 82.2 Å². The van der Waals surface area contributed by atoms with Crippen LogP contribution in [0.1, 0.15) is 36.7 Å². The number of carbonyl (C=O) groups is 1. The number of benzene rings is 1. The van der Waals surface area contributed by atoms with Crippen LogP contribution in [0.15, 0.2) is 36.5 Å². The number of halogens is 1. The van der Waals surface area contributed by atoms with Crippen LogP contribution in [0, 0.1) is 0 Å². The normalized spacial score (nSPS) is 10.1. The molecule has 1 aromatic carbocycles. The van der Waals surface area contributed by atoms with Crippen molar-refractivity contribution in [3.05, 3.63) is 42.2 Å². The highest BCUT2D eigenvalue weighted by Gasteiger charge is 2.18. The number of carbonyl (C=O) groups excluding carboxylic acids is 1. The van der Waals surface area contributed by atoms with E-state index in [2.05, 4.69) is 10.4 Å². The average molecular weight is 353 g/mol. The molecule has 0 unspecified atom stereocenters. The maximum absolute atomic E-state index is 12.3. The fourth-order valence-electron chi connectivity index (χ4n) is 2.10. The lowest BCUT2D eigenvalue weighted by molar-refractivity contribution is 0.0943. The van der Waals surface area contributed by atoms with Gasteiger partial charge < -0.3 is 15.8 Å². The number of nitrogens with one attached hydrogen (secondary N) is 1. The molecular weight excluding hydrogens is 328 g/mol. The molecule has 1 amide bonds. The van der Waals surface area contributed by atoms with Crippen LogP contribution in [0.2, 0.25) is 0 Å². The molecule has 0 fully saturated rings. The Morgan fingerprint density at radius 3 is 2.71 bits per heavy atom. The Balaban J connectivity index is 0.00000288. The molecule has 132 valence electrons. The number of nitrogens with two attached hydrogens (primary N) is 1. The van der Waals surface area contributed by atoms with Gasteiger partial charge in [-0.1, -0.05) is 25.1 Å². The second-order valence-electron chi connectivity index (χ2n) is 5.22. The second-order valence-corrected chi connectivity index (χ2v) is 5.22. The van der Waals surface area contributed by atoms with E-state index in [4.69, 9.17) is 10.5 Å². The molecule has 7 heteroatoms. The van der Waals surface area contributed by atoms with Crippen molar-refractivity contribution in [2.24, 2.45) is 5.73 Å². The summed E-state index contributed by atoms with van der Waals surface area (Å²) in [7, 11) is 0. The molecule has 0 spiro atoms. The molecule has 0 aliphatic carbocycles. The van der Waals surface area contributed by atoms with Crippen molar-refractivity contribution in [1.29, 1.82) is 0 Å². The van der Waals surface area contributed by atoms with E-state index in [1.807, 2.05) is 37.3 Å². The number of hydrogen-bond donors (Lipinski definition) is 2. The smallest absolute Gasteiger partial charge is 0.275 e. The van der Waals surface area contributed by atoms with Crippen molar-refractivity contribution in [3.8, 4) is 11.4 Å². The van der Waals surface area contributed by atoms with Crippen molar-refractivity contribution < 1.29 is 9.53 Å². The van der Waals surface area contributed by atoms with Crippen LogP contribution in [0.5, 0.6) is 5.75 Å². The molecule has 0 aliphatic rings. The predicted octanol–water partition coefficient (Wildman–Crippen LogP) is 2.55. The third kappa shape index (κ3) is 5.54. The van der Waals surface area contributed by atoms with Crippen LogP contribution in [-0.2, 0) is 0 Å². The van der Waals surface area contributed by atoms with E-state index in [1.54, 1.807) is 10.9 Å². The number of nitrogens with zero attached hydrogens (tertiary/aromatic N) is 2. The fraction of sp³-hybridized carbons (Fsp3) is 0.412. The number of amides is 1. The highest BCUT2D eigenvalue weighted by Crippen LogP contribution is 2.20. The molecular formula is C17H25ClN4O2. The van der Waals surface area contributed by atoms with Gasteiger partial charge in [0.15, 0.2) is 11.4 Å². The van der Waals surface area contributed by atoms with Crippen molar-refractivity contribution in [1.82, 2.24) is 15.1 Å². The van der Waals surface area contributed by atoms with E-state index < -0.39 is 0 Å². The van der Waals surface area contributed by atoms with E-state index in [0.29, 0.717) is 31.1 Å². The maximum atomic E-state index is 12.3. The zero-order valence-corrected chi connectivity index (χ0v) is 14.7. The van der Waals surface area contributed by atoms with Crippen LogP contribution in [0.3, 0.4) is 0 Å². The number of ether oxygens (including phenoxy) is 1. The molecule has 0 radical (unpaired) electrons. The summed E-state index contributed by atoms with van der Waals surface area (Å²) in [5, 5.41) is 7.25. The van der Waals surface area contributed by atoms with Gasteiger partial charge >= 0.3 is 0 Å². The molecule has 0 atom stereocenters. The number of unbranched alkanes of at least 4 members (excludes halogenated alkanes) is 1. The van der Waals surface area contributed by atoms with Crippen LogP contribution < -0.4 is 15.8 Å². The van der Waals surface area contributed by atoms with Crippen molar-refractivity contribution >= 4 is 18.3 Å². The largest absolute Gasteiger partial charge is 0.489 e. The van der Waals surface area contributed by atoms with Gasteiger partial charge in [-0.25, -0.2) is 4.68 Å².